The van der Waals surface area contributed by atoms with Crippen molar-refractivity contribution in [3.8, 4) is 0 Å². The van der Waals surface area contributed by atoms with E-state index in [0.717, 1.165) is 42.0 Å². The number of ether oxygens (including phenoxy) is 1. The van der Waals surface area contributed by atoms with Gasteiger partial charge in [0.15, 0.2) is 6.61 Å². The second kappa shape index (κ2) is 7.47. The first-order valence-electron chi connectivity index (χ1n) is 8.59. The van der Waals surface area contributed by atoms with Gasteiger partial charge in [-0.3, -0.25) is 9.59 Å². The van der Waals surface area contributed by atoms with E-state index >= 15 is 0 Å². The Balaban J connectivity index is 1.58. The van der Waals surface area contributed by atoms with Crippen molar-refractivity contribution >= 4 is 22.6 Å². The summed E-state index contributed by atoms with van der Waals surface area (Å²) in [7, 11) is 0. The summed E-state index contributed by atoms with van der Waals surface area (Å²) in [5.41, 5.74) is 1.06. The number of benzene rings is 2. The van der Waals surface area contributed by atoms with Gasteiger partial charge >= 0.3 is 5.97 Å². The van der Waals surface area contributed by atoms with Crippen LogP contribution in [0.2, 0.25) is 0 Å². The molecule has 0 bridgehead atoms. The predicted octanol–water partition coefficient (Wildman–Crippen LogP) is 3.75. The van der Waals surface area contributed by atoms with Crippen LogP contribution >= 0.6 is 0 Å². The molecule has 126 valence electrons. The number of amides is 1. The van der Waals surface area contributed by atoms with Gasteiger partial charge in [0.1, 0.15) is 0 Å². The molecular formula is C20H23NO3. The summed E-state index contributed by atoms with van der Waals surface area (Å²) in [4.78, 5) is 24.0. The normalized spacial score (nSPS) is 16.0. The molecule has 0 heterocycles. The van der Waals surface area contributed by atoms with E-state index in [2.05, 4.69) is 17.4 Å². The van der Waals surface area contributed by atoms with Gasteiger partial charge in [-0.1, -0.05) is 55.3 Å². The molecule has 3 rings (SSSR count). The van der Waals surface area contributed by atoms with E-state index in [-0.39, 0.29) is 30.4 Å². The second-order valence-corrected chi connectivity index (χ2v) is 6.45. The van der Waals surface area contributed by atoms with Crippen LogP contribution in [0.4, 0.5) is 0 Å². The lowest BCUT2D eigenvalue weighted by molar-refractivity contribution is -0.152. The van der Waals surface area contributed by atoms with Crippen molar-refractivity contribution in [3.63, 3.8) is 0 Å². The summed E-state index contributed by atoms with van der Waals surface area (Å²) < 4.78 is 5.16. The first kappa shape index (κ1) is 16.5. The average molecular weight is 325 g/mol. The fourth-order valence-electron chi connectivity index (χ4n) is 3.40. The Bertz CT molecular complexity index is 729. The molecule has 1 saturated carbocycles. The van der Waals surface area contributed by atoms with Crippen molar-refractivity contribution < 1.29 is 14.3 Å². The zero-order chi connectivity index (χ0) is 16.9. The third-order valence-electron chi connectivity index (χ3n) is 4.70. The number of carbonyl (C=O) groups is 2. The predicted molar refractivity (Wildman–Crippen MR) is 93.4 cm³/mol. The molecule has 1 amide bonds. The van der Waals surface area contributed by atoms with Crippen LogP contribution in [0.5, 0.6) is 0 Å². The smallest absolute Gasteiger partial charge is 0.309 e. The Labute approximate surface area is 142 Å². The molecule has 1 atom stereocenters. The summed E-state index contributed by atoms with van der Waals surface area (Å²) in [6.07, 6.45) is 3.91. The molecule has 0 aliphatic heterocycles. The highest BCUT2D eigenvalue weighted by Gasteiger charge is 2.24. The van der Waals surface area contributed by atoms with E-state index in [4.69, 9.17) is 4.74 Å². The van der Waals surface area contributed by atoms with Crippen LogP contribution in [0.25, 0.3) is 10.8 Å². The Morgan fingerprint density at radius 3 is 2.62 bits per heavy atom. The molecule has 2 aromatic carbocycles. The molecule has 1 aliphatic rings. The quantitative estimate of drug-likeness (QED) is 0.852. The van der Waals surface area contributed by atoms with Gasteiger partial charge in [-0.2, -0.15) is 0 Å². The summed E-state index contributed by atoms with van der Waals surface area (Å²) in [6.45, 7) is 1.74. The Morgan fingerprint density at radius 2 is 1.83 bits per heavy atom. The van der Waals surface area contributed by atoms with Gasteiger partial charge in [0, 0.05) is 0 Å². The maximum absolute atomic E-state index is 12.1. The lowest BCUT2D eigenvalue weighted by Gasteiger charge is -2.17. The number of rotatable bonds is 5. The van der Waals surface area contributed by atoms with Gasteiger partial charge in [0.2, 0.25) is 0 Å². The van der Waals surface area contributed by atoms with Gasteiger partial charge in [0.25, 0.3) is 5.91 Å². The number of fused-ring (bicyclic) bond motifs is 1. The minimum absolute atomic E-state index is 0.0201. The van der Waals surface area contributed by atoms with Crippen LogP contribution in [0.15, 0.2) is 42.5 Å². The van der Waals surface area contributed by atoms with Gasteiger partial charge in [-0.15, -0.1) is 0 Å². The zero-order valence-corrected chi connectivity index (χ0v) is 14.0. The molecule has 24 heavy (non-hydrogen) atoms. The summed E-state index contributed by atoms with van der Waals surface area (Å²) >= 11 is 0. The minimum atomic E-state index is -0.262. The van der Waals surface area contributed by atoms with Crippen LogP contribution in [-0.4, -0.2) is 18.5 Å². The monoisotopic (exact) mass is 325 g/mol. The van der Waals surface area contributed by atoms with E-state index in [0.29, 0.717) is 0 Å². The van der Waals surface area contributed by atoms with Crippen molar-refractivity contribution in [1.29, 1.82) is 0 Å². The van der Waals surface area contributed by atoms with Gasteiger partial charge in [0.05, 0.1) is 12.0 Å². The van der Waals surface area contributed by atoms with E-state index in [1.165, 1.54) is 0 Å². The SMILES string of the molecule is C[C@@H](NC(=O)COC(=O)C1CCCC1)c1cccc2ccccc12. The largest absolute Gasteiger partial charge is 0.455 e. The standard InChI is InChI=1S/C20H23NO3/c1-14(17-12-6-10-15-7-4-5-11-18(15)17)21-19(22)13-24-20(23)16-8-2-3-9-16/h4-7,10-12,14,16H,2-3,8-9,13H2,1H3,(H,21,22)/t14-/m1/s1. The number of esters is 1. The molecule has 4 heteroatoms. The van der Waals surface area contributed by atoms with E-state index in [1.54, 1.807) is 0 Å². The molecule has 0 unspecified atom stereocenters. The highest BCUT2D eigenvalue weighted by Crippen LogP contribution is 2.26. The number of hydrogen-bond acceptors (Lipinski definition) is 3. The molecule has 0 spiro atoms. The van der Waals surface area contributed by atoms with Crippen LogP contribution < -0.4 is 5.32 Å². The minimum Gasteiger partial charge on any atom is -0.455 e. The first-order chi connectivity index (χ1) is 11.6. The van der Waals surface area contributed by atoms with Crippen molar-refractivity contribution in [2.24, 2.45) is 5.92 Å². The van der Waals surface area contributed by atoms with Crippen molar-refractivity contribution in [2.45, 2.75) is 38.6 Å². The Hall–Kier alpha value is -2.36. The lowest BCUT2D eigenvalue weighted by atomic mass is 10.00. The molecular weight excluding hydrogens is 302 g/mol. The molecule has 1 aliphatic carbocycles. The topological polar surface area (TPSA) is 55.4 Å². The maximum Gasteiger partial charge on any atom is 0.309 e. The van der Waals surface area contributed by atoms with E-state index in [1.807, 2.05) is 37.3 Å². The highest BCUT2D eigenvalue weighted by molar-refractivity contribution is 5.87. The Kier molecular flexibility index (Phi) is 5.14. The van der Waals surface area contributed by atoms with E-state index < -0.39 is 0 Å². The molecule has 0 aromatic heterocycles. The fraction of sp³-hybridized carbons (Fsp3) is 0.400. The highest BCUT2D eigenvalue weighted by atomic mass is 16.5. The van der Waals surface area contributed by atoms with Crippen LogP contribution in [0, 0.1) is 5.92 Å². The second-order valence-electron chi connectivity index (χ2n) is 6.45. The average Bonchev–Trinajstić information content (AvgIpc) is 3.14. The zero-order valence-electron chi connectivity index (χ0n) is 14.0. The lowest BCUT2D eigenvalue weighted by Crippen LogP contribution is -2.32. The molecule has 1 fully saturated rings. The molecule has 0 saturated heterocycles. The van der Waals surface area contributed by atoms with Gasteiger partial charge in [-0.25, -0.2) is 0 Å². The van der Waals surface area contributed by atoms with Gasteiger partial charge in [-0.05, 0) is 36.1 Å². The van der Waals surface area contributed by atoms with Crippen molar-refractivity contribution in [3.05, 3.63) is 48.0 Å². The van der Waals surface area contributed by atoms with E-state index in [9.17, 15) is 9.59 Å². The Morgan fingerprint density at radius 1 is 1.12 bits per heavy atom. The van der Waals surface area contributed by atoms with Gasteiger partial charge < -0.3 is 10.1 Å². The molecule has 1 N–H and O–H groups in total. The van der Waals surface area contributed by atoms with Crippen LogP contribution in [-0.2, 0) is 14.3 Å². The third-order valence-corrected chi connectivity index (χ3v) is 4.70. The maximum atomic E-state index is 12.1. The number of carbonyl (C=O) groups excluding carboxylic acids is 2. The van der Waals surface area contributed by atoms with Crippen LogP contribution in [0.3, 0.4) is 0 Å². The summed E-state index contributed by atoms with van der Waals surface area (Å²) in [6, 6.07) is 14.0. The van der Waals surface area contributed by atoms with Crippen molar-refractivity contribution in [2.75, 3.05) is 6.61 Å². The fourth-order valence-corrected chi connectivity index (χ4v) is 3.40. The summed E-state index contributed by atoms with van der Waals surface area (Å²) in [5.74, 6) is -0.518. The van der Waals surface area contributed by atoms with Crippen molar-refractivity contribution in [1.82, 2.24) is 5.32 Å². The number of hydrogen-bond donors (Lipinski definition) is 1. The molecule has 2 aromatic rings. The first-order valence-corrected chi connectivity index (χ1v) is 8.59. The van der Waals surface area contributed by atoms with Crippen LogP contribution in [0.1, 0.15) is 44.2 Å². The third kappa shape index (κ3) is 3.75. The molecule has 4 nitrogen and oxygen atoms in total. The molecule has 0 radical (unpaired) electrons. The summed E-state index contributed by atoms with van der Waals surface area (Å²) in [5, 5.41) is 5.18. The number of nitrogens with one attached hydrogen (secondary N) is 1.